The van der Waals surface area contributed by atoms with E-state index in [1.807, 2.05) is 33.8 Å². The number of aryl methyl sites for hydroxylation is 1. The van der Waals surface area contributed by atoms with Crippen molar-refractivity contribution in [2.45, 2.75) is 33.3 Å². The molecule has 3 heteroatoms. The summed E-state index contributed by atoms with van der Waals surface area (Å²) in [5, 5.41) is 0. The Balaban J connectivity index is 2.70. The molecule has 0 radical (unpaired) electrons. The first kappa shape index (κ1) is 10.3. The zero-order valence-corrected chi connectivity index (χ0v) is 9.20. The maximum Gasteiger partial charge on any atom is 0.348 e. The second-order valence-electron chi connectivity index (χ2n) is 3.91. The average molecular weight is 198 g/mol. The third kappa shape index (κ3) is 3.19. The lowest BCUT2D eigenvalue weighted by molar-refractivity contribution is 0.00752. The van der Waals surface area contributed by atoms with Gasteiger partial charge in [-0.15, -0.1) is 11.3 Å². The quantitative estimate of drug-likeness (QED) is 0.648. The van der Waals surface area contributed by atoms with E-state index in [1.54, 1.807) is 6.07 Å². The Morgan fingerprint density at radius 2 is 2.00 bits per heavy atom. The third-order valence-electron chi connectivity index (χ3n) is 1.34. The van der Waals surface area contributed by atoms with Crippen LogP contribution in [0, 0.1) is 6.92 Å². The largest absolute Gasteiger partial charge is 0.456 e. The van der Waals surface area contributed by atoms with Crippen molar-refractivity contribution in [1.82, 2.24) is 0 Å². The van der Waals surface area contributed by atoms with Gasteiger partial charge in [0.25, 0.3) is 0 Å². The van der Waals surface area contributed by atoms with Gasteiger partial charge in [-0.25, -0.2) is 4.79 Å². The number of carbonyl (C=O) groups excluding carboxylic acids is 1. The zero-order chi connectivity index (χ0) is 10.1. The monoisotopic (exact) mass is 198 g/mol. The minimum Gasteiger partial charge on any atom is -0.456 e. The van der Waals surface area contributed by atoms with Crippen LogP contribution < -0.4 is 0 Å². The number of hydrogen-bond donors (Lipinski definition) is 0. The Labute approximate surface area is 82.5 Å². The van der Waals surface area contributed by atoms with Crippen molar-refractivity contribution in [1.29, 1.82) is 0 Å². The summed E-state index contributed by atoms with van der Waals surface area (Å²) < 4.78 is 5.21. The first-order valence-electron chi connectivity index (χ1n) is 4.18. The summed E-state index contributed by atoms with van der Waals surface area (Å²) in [7, 11) is 0. The Morgan fingerprint density at radius 1 is 1.38 bits per heavy atom. The molecular formula is C10H14O2S. The summed E-state index contributed by atoms with van der Waals surface area (Å²) in [6, 6.07) is 3.72. The highest BCUT2D eigenvalue weighted by molar-refractivity contribution is 7.13. The summed E-state index contributed by atoms with van der Waals surface area (Å²) in [6.07, 6.45) is 0. The lowest BCUT2D eigenvalue weighted by Gasteiger charge is -2.18. The van der Waals surface area contributed by atoms with Crippen LogP contribution in [-0.2, 0) is 4.74 Å². The predicted octanol–water partition coefficient (Wildman–Crippen LogP) is 3.01. The van der Waals surface area contributed by atoms with Crippen LogP contribution in [0.15, 0.2) is 12.1 Å². The van der Waals surface area contributed by atoms with E-state index in [0.717, 1.165) is 4.88 Å². The summed E-state index contributed by atoms with van der Waals surface area (Å²) in [5.41, 5.74) is -0.408. The number of esters is 1. The highest BCUT2D eigenvalue weighted by Crippen LogP contribution is 2.18. The first-order valence-corrected chi connectivity index (χ1v) is 5.00. The molecule has 1 aromatic rings. The maximum absolute atomic E-state index is 11.5. The highest BCUT2D eigenvalue weighted by atomic mass is 32.1. The minimum atomic E-state index is -0.408. The van der Waals surface area contributed by atoms with Crippen molar-refractivity contribution in [2.24, 2.45) is 0 Å². The van der Waals surface area contributed by atoms with Gasteiger partial charge in [0.05, 0.1) is 0 Å². The van der Waals surface area contributed by atoms with Crippen LogP contribution in [0.2, 0.25) is 0 Å². The topological polar surface area (TPSA) is 26.3 Å². The van der Waals surface area contributed by atoms with E-state index >= 15 is 0 Å². The summed E-state index contributed by atoms with van der Waals surface area (Å²) >= 11 is 1.46. The van der Waals surface area contributed by atoms with Crippen molar-refractivity contribution < 1.29 is 9.53 Å². The van der Waals surface area contributed by atoms with Crippen molar-refractivity contribution in [3.8, 4) is 0 Å². The molecule has 0 atom stereocenters. The van der Waals surface area contributed by atoms with Gasteiger partial charge < -0.3 is 4.74 Å². The van der Waals surface area contributed by atoms with Gasteiger partial charge in [0.15, 0.2) is 0 Å². The fourth-order valence-electron chi connectivity index (χ4n) is 0.873. The van der Waals surface area contributed by atoms with Crippen molar-refractivity contribution >= 4 is 17.3 Å². The zero-order valence-electron chi connectivity index (χ0n) is 8.38. The second kappa shape index (κ2) is 3.50. The van der Waals surface area contributed by atoms with Gasteiger partial charge in [-0.2, -0.15) is 0 Å². The molecule has 72 valence electrons. The first-order chi connectivity index (χ1) is 5.88. The molecule has 1 aromatic heterocycles. The molecule has 0 saturated heterocycles. The molecular weight excluding hydrogens is 184 g/mol. The van der Waals surface area contributed by atoms with Gasteiger partial charge in [-0.1, -0.05) is 0 Å². The van der Waals surface area contributed by atoms with Crippen molar-refractivity contribution in [3.05, 3.63) is 21.9 Å². The average Bonchev–Trinajstić information content (AvgIpc) is 2.31. The summed E-state index contributed by atoms with van der Waals surface area (Å²) in [5.74, 6) is -0.231. The Morgan fingerprint density at radius 3 is 2.38 bits per heavy atom. The van der Waals surface area contributed by atoms with E-state index < -0.39 is 5.60 Å². The molecule has 0 aliphatic carbocycles. The van der Waals surface area contributed by atoms with E-state index in [2.05, 4.69) is 0 Å². The fourth-order valence-corrected chi connectivity index (χ4v) is 1.62. The Bertz CT molecular complexity index is 307. The summed E-state index contributed by atoms with van der Waals surface area (Å²) in [4.78, 5) is 13.3. The van der Waals surface area contributed by atoms with E-state index in [-0.39, 0.29) is 5.97 Å². The lowest BCUT2D eigenvalue weighted by Crippen LogP contribution is -2.23. The van der Waals surface area contributed by atoms with Gasteiger partial charge >= 0.3 is 5.97 Å². The van der Waals surface area contributed by atoms with Crippen LogP contribution in [0.4, 0.5) is 0 Å². The molecule has 2 nitrogen and oxygen atoms in total. The van der Waals surface area contributed by atoms with E-state index in [0.29, 0.717) is 4.88 Å². The predicted molar refractivity (Wildman–Crippen MR) is 54.2 cm³/mol. The molecule has 1 heterocycles. The number of rotatable bonds is 1. The van der Waals surface area contributed by atoms with Gasteiger partial charge in [0, 0.05) is 4.88 Å². The molecule has 0 amide bonds. The number of thiophene rings is 1. The van der Waals surface area contributed by atoms with Gasteiger partial charge in [0.1, 0.15) is 10.5 Å². The molecule has 0 aromatic carbocycles. The van der Waals surface area contributed by atoms with Crippen molar-refractivity contribution in [3.63, 3.8) is 0 Å². The molecule has 1 rings (SSSR count). The number of carbonyl (C=O) groups is 1. The highest BCUT2D eigenvalue weighted by Gasteiger charge is 2.18. The van der Waals surface area contributed by atoms with Crippen LogP contribution in [-0.4, -0.2) is 11.6 Å². The maximum atomic E-state index is 11.5. The summed E-state index contributed by atoms with van der Waals surface area (Å²) in [6.45, 7) is 7.57. The fraction of sp³-hybridized carbons (Fsp3) is 0.500. The lowest BCUT2D eigenvalue weighted by atomic mass is 10.2. The number of ether oxygens (including phenoxy) is 1. The molecule has 0 bridgehead atoms. The van der Waals surface area contributed by atoms with Crippen LogP contribution in [0.1, 0.15) is 35.3 Å². The second-order valence-corrected chi connectivity index (χ2v) is 5.20. The molecule has 0 fully saturated rings. The van der Waals surface area contributed by atoms with Gasteiger partial charge in [-0.3, -0.25) is 0 Å². The van der Waals surface area contributed by atoms with Crippen LogP contribution in [0.5, 0.6) is 0 Å². The van der Waals surface area contributed by atoms with Gasteiger partial charge in [0.2, 0.25) is 0 Å². The molecule has 0 aliphatic rings. The SMILES string of the molecule is Cc1ccc(C(=O)OC(C)(C)C)s1. The molecule has 0 aliphatic heterocycles. The standard InChI is InChI=1S/C10H14O2S/c1-7-5-6-8(13-7)9(11)12-10(2,3)4/h5-6H,1-4H3. The van der Waals surface area contributed by atoms with E-state index in [9.17, 15) is 4.79 Å². The molecule has 0 N–H and O–H groups in total. The Hall–Kier alpha value is -0.830. The van der Waals surface area contributed by atoms with Crippen molar-refractivity contribution in [2.75, 3.05) is 0 Å². The van der Waals surface area contributed by atoms with Crippen LogP contribution in [0.25, 0.3) is 0 Å². The normalized spacial score (nSPS) is 11.4. The van der Waals surface area contributed by atoms with E-state index in [4.69, 9.17) is 4.74 Å². The van der Waals surface area contributed by atoms with E-state index in [1.165, 1.54) is 11.3 Å². The van der Waals surface area contributed by atoms with Crippen LogP contribution in [0.3, 0.4) is 0 Å². The Kier molecular flexibility index (Phi) is 2.76. The van der Waals surface area contributed by atoms with Crippen LogP contribution >= 0.6 is 11.3 Å². The number of hydrogen-bond acceptors (Lipinski definition) is 3. The van der Waals surface area contributed by atoms with Gasteiger partial charge in [-0.05, 0) is 39.8 Å². The third-order valence-corrected chi connectivity index (χ3v) is 2.32. The smallest absolute Gasteiger partial charge is 0.348 e. The minimum absolute atomic E-state index is 0.231. The molecule has 0 spiro atoms. The molecule has 0 unspecified atom stereocenters. The molecule has 13 heavy (non-hydrogen) atoms. The molecule has 0 saturated carbocycles.